The van der Waals surface area contributed by atoms with Crippen LogP contribution < -0.4 is 10.6 Å². The molecule has 28 heavy (non-hydrogen) atoms. The van der Waals surface area contributed by atoms with Crippen molar-refractivity contribution in [1.82, 2.24) is 29.7 Å². The van der Waals surface area contributed by atoms with Gasteiger partial charge in [-0.2, -0.15) is 28.6 Å². The van der Waals surface area contributed by atoms with E-state index in [-0.39, 0.29) is 28.3 Å². The number of fused-ring (bicyclic) bond motifs is 1. The molecule has 0 saturated heterocycles. The van der Waals surface area contributed by atoms with Gasteiger partial charge >= 0.3 is 0 Å². The van der Waals surface area contributed by atoms with Gasteiger partial charge in [0.25, 0.3) is 0 Å². The fourth-order valence-electron chi connectivity index (χ4n) is 3.11. The minimum Gasteiger partial charge on any atom is -0.365 e. The van der Waals surface area contributed by atoms with Crippen LogP contribution in [0.5, 0.6) is 0 Å². The number of H-pyrrole nitrogens is 1. The highest BCUT2D eigenvalue weighted by atomic mass is 32.1. The van der Waals surface area contributed by atoms with Gasteiger partial charge < -0.3 is 15.6 Å². The van der Waals surface area contributed by atoms with Crippen molar-refractivity contribution < 1.29 is 0 Å². The molecule has 1 saturated carbocycles. The molecule has 4 rings (SSSR count). The topological polar surface area (TPSA) is 96.3 Å². The van der Waals surface area contributed by atoms with Crippen LogP contribution in [0.4, 0.5) is 17.6 Å². The molecule has 156 valence electrons. The molecule has 0 amide bonds. The highest BCUT2D eigenvalue weighted by molar-refractivity contribution is 7.59. The molecule has 1 atom stereocenters. The van der Waals surface area contributed by atoms with E-state index in [4.69, 9.17) is 0 Å². The van der Waals surface area contributed by atoms with E-state index in [9.17, 15) is 0 Å². The quantitative estimate of drug-likeness (QED) is 0.545. The first-order chi connectivity index (χ1) is 12.0. The Balaban J connectivity index is 0.00000131. The molecule has 0 radical (unpaired) electrons. The molecule has 1 aliphatic rings. The van der Waals surface area contributed by atoms with Gasteiger partial charge in [-0.05, 0) is 46.5 Å². The van der Waals surface area contributed by atoms with E-state index in [0.717, 1.165) is 28.8 Å². The lowest BCUT2D eigenvalue weighted by atomic mass is 10.2. The summed E-state index contributed by atoms with van der Waals surface area (Å²) in [4.78, 5) is 16.6. The summed E-state index contributed by atoms with van der Waals surface area (Å²) in [5.74, 6) is 2.75. The molecule has 3 N–H and O–H groups in total. The van der Waals surface area contributed by atoms with E-state index < -0.39 is 0 Å². The minimum atomic E-state index is 0. The number of aromatic nitrogens is 6. The smallest absolute Gasteiger partial charge is 0.232 e. The highest BCUT2D eigenvalue weighted by Gasteiger charge is 2.28. The lowest BCUT2D eigenvalue weighted by Gasteiger charge is -2.14. The summed E-state index contributed by atoms with van der Waals surface area (Å²) in [6.45, 7) is 8.46. The Morgan fingerprint density at radius 1 is 1.18 bits per heavy atom. The summed E-state index contributed by atoms with van der Waals surface area (Å²) in [7, 11) is 0. The van der Waals surface area contributed by atoms with Crippen LogP contribution in [0.2, 0.25) is 0 Å². The van der Waals surface area contributed by atoms with Crippen molar-refractivity contribution in [3.05, 3.63) is 18.1 Å². The van der Waals surface area contributed by atoms with E-state index in [1.54, 1.807) is 6.33 Å². The summed E-state index contributed by atoms with van der Waals surface area (Å²) in [6.07, 6.45) is 4.21. The summed E-state index contributed by atoms with van der Waals surface area (Å²) < 4.78 is 1.98. The predicted octanol–water partition coefficient (Wildman–Crippen LogP) is 4.78. The van der Waals surface area contributed by atoms with Crippen molar-refractivity contribution in [2.24, 2.45) is 5.92 Å². The number of hydrogen-bond acceptors (Lipinski definition) is 6. The molecule has 1 aliphatic carbocycles. The number of hydrogen-bond donors (Lipinski definition) is 3. The van der Waals surface area contributed by atoms with Gasteiger partial charge in [0, 0.05) is 23.8 Å². The molecule has 3 aromatic rings. The van der Waals surface area contributed by atoms with Crippen LogP contribution >= 0.6 is 13.5 Å². The standard InChI is InChI=1S/C17H24N8.2CH4.H2S/c1-9(2)25-10(3)7-13(24-25)21-17-22-15-14(18-8-19-15)16(23-17)20-11(4)12-5-6-12;;;/h7-9,11-12H,5-6H2,1-4H3,(H3,18,19,20,21,22,23,24);2*1H4;1H2. The second kappa shape index (κ2) is 9.27. The molecule has 0 aromatic carbocycles. The number of imidazole rings is 1. The maximum absolute atomic E-state index is 4.65. The third-order valence-corrected chi connectivity index (χ3v) is 4.63. The van der Waals surface area contributed by atoms with Crippen molar-refractivity contribution in [2.75, 3.05) is 10.6 Å². The maximum atomic E-state index is 4.65. The fraction of sp³-hybridized carbons (Fsp3) is 0.579. The van der Waals surface area contributed by atoms with Crippen molar-refractivity contribution in [3.8, 4) is 0 Å². The van der Waals surface area contributed by atoms with E-state index in [1.165, 1.54) is 12.8 Å². The highest BCUT2D eigenvalue weighted by Crippen LogP contribution is 2.34. The number of aryl methyl sites for hydroxylation is 1. The first-order valence-electron chi connectivity index (χ1n) is 8.82. The van der Waals surface area contributed by atoms with Gasteiger partial charge in [-0.15, -0.1) is 0 Å². The summed E-state index contributed by atoms with van der Waals surface area (Å²) in [6, 6.07) is 2.69. The number of rotatable bonds is 6. The lowest BCUT2D eigenvalue weighted by molar-refractivity contribution is 0.521. The Bertz CT molecular complexity index is 897. The van der Waals surface area contributed by atoms with Crippen LogP contribution in [0.15, 0.2) is 12.4 Å². The summed E-state index contributed by atoms with van der Waals surface area (Å²) in [5, 5.41) is 11.3. The molecule has 3 aromatic heterocycles. The van der Waals surface area contributed by atoms with Crippen LogP contribution in [0.3, 0.4) is 0 Å². The van der Waals surface area contributed by atoms with Crippen molar-refractivity contribution in [1.29, 1.82) is 0 Å². The zero-order valence-corrected chi connectivity index (χ0v) is 16.5. The average molecular weight is 407 g/mol. The van der Waals surface area contributed by atoms with Gasteiger partial charge in [-0.1, -0.05) is 14.9 Å². The van der Waals surface area contributed by atoms with Crippen LogP contribution in [0, 0.1) is 12.8 Å². The van der Waals surface area contributed by atoms with E-state index in [2.05, 4.69) is 56.4 Å². The molecule has 3 heterocycles. The van der Waals surface area contributed by atoms with Gasteiger partial charge in [0.1, 0.15) is 5.52 Å². The molecular weight excluding hydrogens is 372 g/mol. The molecule has 1 fully saturated rings. The Kier molecular flexibility index (Phi) is 7.86. The molecule has 0 spiro atoms. The zero-order chi connectivity index (χ0) is 17.6. The summed E-state index contributed by atoms with van der Waals surface area (Å²) >= 11 is 0. The molecule has 0 aliphatic heterocycles. The molecule has 0 bridgehead atoms. The third-order valence-electron chi connectivity index (χ3n) is 4.63. The van der Waals surface area contributed by atoms with Crippen molar-refractivity contribution in [3.63, 3.8) is 0 Å². The maximum Gasteiger partial charge on any atom is 0.232 e. The first-order valence-corrected chi connectivity index (χ1v) is 8.82. The van der Waals surface area contributed by atoms with Crippen LogP contribution in [-0.2, 0) is 0 Å². The second-order valence-corrected chi connectivity index (χ2v) is 7.10. The molecule has 1 unspecified atom stereocenters. The Labute approximate surface area is 174 Å². The van der Waals surface area contributed by atoms with Gasteiger partial charge in [0.15, 0.2) is 17.3 Å². The van der Waals surface area contributed by atoms with E-state index in [0.29, 0.717) is 23.7 Å². The third kappa shape index (κ3) is 4.76. The largest absolute Gasteiger partial charge is 0.365 e. The number of anilines is 3. The normalized spacial score (nSPS) is 14.0. The van der Waals surface area contributed by atoms with Crippen LogP contribution in [0.1, 0.15) is 60.2 Å². The number of aromatic amines is 1. The van der Waals surface area contributed by atoms with Crippen LogP contribution in [-0.4, -0.2) is 35.8 Å². The molecule has 8 nitrogen and oxygen atoms in total. The van der Waals surface area contributed by atoms with Crippen molar-refractivity contribution >= 4 is 42.2 Å². The van der Waals surface area contributed by atoms with E-state index >= 15 is 0 Å². The number of nitrogens with one attached hydrogen (secondary N) is 3. The minimum absolute atomic E-state index is 0. The van der Waals surface area contributed by atoms with Crippen molar-refractivity contribution in [2.45, 2.75) is 67.5 Å². The Hall–Kier alpha value is -2.29. The fourth-order valence-corrected chi connectivity index (χ4v) is 3.11. The second-order valence-electron chi connectivity index (χ2n) is 7.10. The van der Waals surface area contributed by atoms with Gasteiger partial charge in [0.05, 0.1) is 6.33 Å². The average Bonchev–Trinajstić information content (AvgIpc) is 3.19. The first kappa shape index (κ1) is 23.7. The lowest BCUT2D eigenvalue weighted by Crippen LogP contribution is -2.19. The van der Waals surface area contributed by atoms with Crippen LogP contribution in [0.25, 0.3) is 11.2 Å². The van der Waals surface area contributed by atoms with Gasteiger partial charge in [0.2, 0.25) is 5.95 Å². The Morgan fingerprint density at radius 3 is 2.50 bits per heavy atom. The summed E-state index contributed by atoms with van der Waals surface area (Å²) in [5.41, 5.74) is 2.57. The SMILES string of the molecule is C.C.Cc1cc(Nc2nc(NC(C)C3CC3)c3[nH]cnc3n2)nn1C(C)C.S. The predicted molar refractivity (Wildman–Crippen MR) is 122 cm³/mol. The molecule has 9 heteroatoms. The van der Waals surface area contributed by atoms with Gasteiger partial charge in [-0.3, -0.25) is 4.68 Å². The monoisotopic (exact) mass is 406 g/mol. The van der Waals surface area contributed by atoms with Gasteiger partial charge in [-0.25, -0.2) is 4.98 Å². The number of nitrogens with zero attached hydrogens (tertiary/aromatic N) is 5. The van der Waals surface area contributed by atoms with E-state index in [1.807, 2.05) is 17.7 Å². The molecular formula is C19H34N8S. The zero-order valence-electron chi connectivity index (χ0n) is 15.5. The Morgan fingerprint density at radius 2 is 1.89 bits per heavy atom.